The van der Waals surface area contributed by atoms with Crippen molar-refractivity contribution >= 4 is 7.75 Å². The molecule has 3 atom stereocenters. The van der Waals surface area contributed by atoms with Gasteiger partial charge < -0.3 is 5.32 Å². The van der Waals surface area contributed by atoms with E-state index in [4.69, 9.17) is 9.05 Å². The number of piperidine rings is 1. The van der Waals surface area contributed by atoms with Gasteiger partial charge in [-0.25, -0.2) is 4.57 Å². The lowest BCUT2D eigenvalue weighted by molar-refractivity contribution is 0.193. The topological polar surface area (TPSA) is 50.6 Å². The van der Waals surface area contributed by atoms with E-state index in [1.165, 1.54) is 0 Å². The Morgan fingerprint density at radius 3 is 2.47 bits per heavy atom. The number of nitrogens with one attached hydrogen (secondary N) is 1. The standard InChI is InChI=1S/C9H19N2O3P/c1-3-13-15(12,14-4-2)11-8-5-6-10-7-9(8)11/h8-10H,3-7H2,1-2H3. The number of hydrogen-bond acceptors (Lipinski definition) is 4. The van der Waals surface area contributed by atoms with E-state index in [0.29, 0.717) is 25.3 Å². The lowest BCUT2D eigenvalue weighted by Gasteiger charge is -2.18. The maximum absolute atomic E-state index is 12.4. The van der Waals surface area contributed by atoms with E-state index in [1.807, 2.05) is 18.5 Å². The van der Waals surface area contributed by atoms with Crippen LogP contribution >= 0.6 is 7.75 Å². The van der Waals surface area contributed by atoms with E-state index in [0.717, 1.165) is 19.5 Å². The van der Waals surface area contributed by atoms with Gasteiger partial charge in [0.1, 0.15) is 0 Å². The van der Waals surface area contributed by atoms with Crippen LogP contribution in [0.15, 0.2) is 0 Å². The monoisotopic (exact) mass is 234 g/mol. The van der Waals surface area contributed by atoms with Crippen molar-refractivity contribution in [2.45, 2.75) is 32.4 Å². The van der Waals surface area contributed by atoms with Crippen LogP contribution in [-0.2, 0) is 13.6 Å². The molecule has 2 saturated heterocycles. The summed E-state index contributed by atoms with van der Waals surface area (Å²) >= 11 is 0. The number of fused-ring (bicyclic) bond motifs is 1. The molecule has 2 heterocycles. The summed E-state index contributed by atoms with van der Waals surface area (Å²) in [5, 5.41) is 3.29. The Balaban J connectivity index is 2.03. The van der Waals surface area contributed by atoms with Gasteiger partial charge in [-0.15, -0.1) is 0 Å². The summed E-state index contributed by atoms with van der Waals surface area (Å²) in [5.74, 6) is 0. The van der Waals surface area contributed by atoms with Crippen molar-refractivity contribution in [2.24, 2.45) is 0 Å². The summed E-state index contributed by atoms with van der Waals surface area (Å²) in [6.45, 7) is 6.44. The Kier molecular flexibility index (Phi) is 3.48. The SMILES string of the molecule is CCOP(=O)(OCC)N1C2CCNCC21. The largest absolute Gasteiger partial charge is 0.408 e. The Morgan fingerprint density at radius 1 is 1.33 bits per heavy atom. The van der Waals surface area contributed by atoms with E-state index >= 15 is 0 Å². The van der Waals surface area contributed by atoms with Gasteiger partial charge >= 0.3 is 7.75 Å². The second-order valence-electron chi connectivity index (χ2n) is 3.81. The lowest BCUT2D eigenvalue weighted by Crippen LogP contribution is -2.28. The van der Waals surface area contributed by atoms with Gasteiger partial charge in [-0.05, 0) is 26.8 Å². The van der Waals surface area contributed by atoms with Gasteiger partial charge in [0.05, 0.1) is 13.2 Å². The van der Waals surface area contributed by atoms with Crippen LogP contribution in [0, 0.1) is 0 Å². The minimum atomic E-state index is -2.99. The van der Waals surface area contributed by atoms with Gasteiger partial charge in [0.15, 0.2) is 0 Å². The summed E-state index contributed by atoms with van der Waals surface area (Å²) < 4.78 is 24.9. The molecule has 2 fully saturated rings. The van der Waals surface area contributed by atoms with Gasteiger partial charge in [-0.3, -0.25) is 9.05 Å². The quantitative estimate of drug-likeness (QED) is 0.572. The van der Waals surface area contributed by atoms with Gasteiger partial charge in [0.25, 0.3) is 0 Å². The van der Waals surface area contributed by atoms with Crippen molar-refractivity contribution in [3.63, 3.8) is 0 Å². The number of rotatable bonds is 5. The van der Waals surface area contributed by atoms with Crippen LogP contribution in [0.3, 0.4) is 0 Å². The van der Waals surface area contributed by atoms with E-state index in [1.54, 1.807) is 0 Å². The van der Waals surface area contributed by atoms with Crippen molar-refractivity contribution in [2.75, 3.05) is 26.3 Å². The summed E-state index contributed by atoms with van der Waals surface area (Å²) in [6, 6.07) is 0.748. The third-order valence-electron chi connectivity index (χ3n) is 2.87. The molecule has 0 aromatic carbocycles. The Hall–Kier alpha value is 0.0700. The lowest BCUT2D eigenvalue weighted by atomic mass is 10.2. The van der Waals surface area contributed by atoms with Crippen LogP contribution in [0.4, 0.5) is 0 Å². The zero-order chi connectivity index (χ0) is 10.9. The predicted octanol–water partition coefficient (Wildman–Crippen LogP) is 1.21. The normalized spacial score (nSPS) is 34.9. The van der Waals surface area contributed by atoms with Crippen LogP contribution in [-0.4, -0.2) is 43.1 Å². The molecule has 0 aliphatic carbocycles. The van der Waals surface area contributed by atoms with Crippen LogP contribution in [0.1, 0.15) is 20.3 Å². The van der Waals surface area contributed by atoms with Crippen LogP contribution in [0.2, 0.25) is 0 Å². The fraction of sp³-hybridized carbons (Fsp3) is 1.00. The van der Waals surface area contributed by atoms with Gasteiger partial charge in [-0.1, -0.05) is 0 Å². The zero-order valence-corrected chi connectivity index (χ0v) is 10.2. The average molecular weight is 234 g/mol. The summed E-state index contributed by atoms with van der Waals surface area (Å²) in [4.78, 5) is 0. The van der Waals surface area contributed by atoms with Crippen LogP contribution in [0.25, 0.3) is 0 Å². The van der Waals surface area contributed by atoms with E-state index in [9.17, 15) is 4.57 Å². The first kappa shape index (κ1) is 11.6. The average Bonchev–Trinajstić information content (AvgIpc) is 2.92. The van der Waals surface area contributed by atoms with Crippen molar-refractivity contribution < 1.29 is 13.6 Å². The van der Waals surface area contributed by atoms with Gasteiger partial charge in [0.2, 0.25) is 0 Å². The molecule has 5 nitrogen and oxygen atoms in total. The predicted molar refractivity (Wildman–Crippen MR) is 57.8 cm³/mol. The molecule has 1 N–H and O–H groups in total. The molecule has 6 heteroatoms. The smallest absolute Gasteiger partial charge is 0.315 e. The minimum Gasteiger partial charge on any atom is -0.315 e. The molecule has 2 aliphatic rings. The first-order chi connectivity index (χ1) is 7.23. The summed E-state index contributed by atoms with van der Waals surface area (Å²) in [5.41, 5.74) is 0. The van der Waals surface area contributed by atoms with E-state index < -0.39 is 7.75 Å². The molecule has 0 bridgehead atoms. The third kappa shape index (κ3) is 2.12. The highest BCUT2D eigenvalue weighted by atomic mass is 31.2. The van der Waals surface area contributed by atoms with Gasteiger partial charge in [-0.2, -0.15) is 4.67 Å². The van der Waals surface area contributed by atoms with E-state index in [-0.39, 0.29) is 0 Å². The van der Waals surface area contributed by atoms with Crippen LogP contribution in [0.5, 0.6) is 0 Å². The Bertz CT molecular complexity index is 252. The molecule has 0 spiro atoms. The van der Waals surface area contributed by atoms with Crippen molar-refractivity contribution in [1.29, 1.82) is 0 Å². The second-order valence-corrected chi connectivity index (χ2v) is 5.73. The fourth-order valence-electron chi connectivity index (χ4n) is 2.23. The van der Waals surface area contributed by atoms with Crippen molar-refractivity contribution in [3.05, 3.63) is 0 Å². The highest BCUT2D eigenvalue weighted by Gasteiger charge is 2.59. The van der Waals surface area contributed by atoms with Crippen LogP contribution < -0.4 is 5.32 Å². The molecule has 0 aromatic rings. The van der Waals surface area contributed by atoms with Crippen molar-refractivity contribution in [1.82, 2.24) is 9.99 Å². The molecule has 0 saturated carbocycles. The molecule has 3 unspecified atom stereocenters. The maximum Gasteiger partial charge on any atom is 0.408 e. The molecule has 2 rings (SSSR count). The highest BCUT2D eigenvalue weighted by molar-refractivity contribution is 7.51. The first-order valence-corrected chi connectivity index (χ1v) is 7.11. The minimum absolute atomic E-state index is 0.350. The molecule has 2 aliphatic heterocycles. The molecular weight excluding hydrogens is 215 g/mol. The first-order valence-electron chi connectivity index (χ1n) is 5.61. The second kappa shape index (κ2) is 4.52. The third-order valence-corrected chi connectivity index (χ3v) is 5.20. The molecule has 0 aromatic heterocycles. The highest BCUT2D eigenvalue weighted by Crippen LogP contribution is 2.62. The molecule has 88 valence electrons. The Labute approximate surface area is 90.7 Å². The number of nitrogens with zero attached hydrogens (tertiary/aromatic N) is 1. The summed E-state index contributed by atoms with van der Waals surface area (Å²) in [6.07, 6.45) is 1.04. The molecule has 0 amide bonds. The fourth-order valence-corrected chi connectivity index (χ4v) is 4.40. The summed E-state index contributed by atoms with van der Waals surface area (Å²) in [7, 11) is -2.99. The van der Waals surface area contributed by atoms with E-state index in [2.05, 4.69) is 5.32 Å². The zero-order valence-electron chi connectivity index (χ0n) is 9.31. The molecule has 15 heavy (non-hydrogen) atoms. The maximum atomic E-state index is 12.4. The van der Waals surface area contributed by atoms with Gasteiger partial charge in [0, 0.05) is 18.6 Å². The number of hydrogen-bond donors (Lipinski definition) is 1. The Morgan fingerprint density at radius 2 is 2.00 bits per heavy atom. The van der Waals surface area contributed by atoms with Crippen molar-refractivity contribution in [3.8, 4) is 0 Å². The molecule has 0 radical (unpaired) electrons. The molecular formula is C9H19N2O3P.